The van der Waals surface area contributed by atoms with Gasteiger partial charge >= 0.3 is 6.09 Å². The molecule has 0 spiro atoms. The Morgan fingerprint density at radius 2 is 2.12 bits per heavy atom. The fourth-order valence-electron chi connectivity index (χ4n) is 1.56. The van der Waals surface area contributed by atoms with E-state index >= 15 is 0 Å². The summed E-state index contributed by atoms with van der Waals surface area (Å²) in [5, 5.41) is 0.748. The van der Waals surface area contributed by atoms with Crippen molar-refractivity contribution in [3.63, 3.8) is 0 Å². The molecule has 0 unspecified atom stereocenters. The van der Waals surface area contributed by atoms with E-state index in [0.717, 1.165) is 5.39 Å². The van der Waals surface area contributed by atoms with E-state index in [1.54, 1.807) is 24.5 Å². The van der Waals surface area contributed by atoms with Crippen LogP contribution >= 0.6 is 0 Å². The number of carbonyl (C=O) groups excluding carboxylic acids is 1. The lowest BCUT2D eigenvalue weighted by atomic mass is 10.2. The third-order valence-corrected chi connectivity index (χ3v) is 2.24. The summed E-state index contributed by atoms with van der Waals surface area (Å²) in [5.41, 5.74) is 5.90. The SMILES string of the molecule is CC(C)(C)OC(=O)n1ccc2c(N)nccc21. The fourth-order valence-corrected chi connectivity index (χ4v) is 1.56. The zero-order chi connectivity index (χ0) is 12.6. The highest BCUT2D eigenvalue weighted by atomic mass is 16.6. The summed E-state index contributed by atoms with van der Waals surface area (Å²) in [5.74, 6) is 0.407. The second-order valence-electron chi connectivity index (χ2n) is 4.80. The molecule has 0 aliphatic carbocycles. The normalized spacial score (nSPS) is 11.7. The third-order valence-electron chi connectivity index (χ3n) is 2.24. The van der Waals surface area contributed by atoms with E-state index in [9.17, 15) is 4.79 Å². The number of ether oxygens (including phenoxy) is 1. The lowest BCUT2D eigenvalue weighted by Gasteiger charge is -2.19. The number of fused-ring (bicyclic) bond motifs is 1. The van der Waals surface area contributed by atoms with Gasteiger partial charge in [0.25, 0.3) is 0 Å². The zero-order valence-corrected chi connectivity index (χ0v) is 10.1. The molecule has 2 N–H and O–H groups in total. The van der Waals surface area contributed by atoms with Crippen molar-refractivity contribution in [1.82, 2.24) is 9.55 Å². The van der Waals surface area contributed by atoms with Gasteiger partial charge in [0, 0.05) is 17.8 Å². The average Bonchev–Trinajstić information content (AvgIpc) is 2.60. The highest BCUT2D eigenvalue weighted by Crippen LogP contribution is 2.21. The van der Waals surface area contributed by atoms with Crippen LogP contribution in [0.3, 0.4) is 0 Å². The number of rotatable bonds is 0. The van der Waals surface area contributed by atoms with Crippen LogP contribution in [0.4, 0.5) is 10.6 Å². The Balaban J connectivity index is 2.43. The molecule has 5 nitrogen and oxygen atoms in total. The van der Waals surface area contributed by atoms with Gasteiger partial charge in [-0.25, -0.2) is 9.78 Å². The smallest absolute Gasteiger partial charge is 0.418 e. The molecule has 0 aliphatic rings. The summed E-state index contributed by atoms with van der Waals surface area (Å²) in [7, 11) is 0. The molecule has 0 amide bonds. The first-order valence-corrected chi connectivity index (χ1v) is 5.33. The van der Waals surface area contributed by atoms with Crippen LogP contribution in [-0.4, -0.2) is 21.2 Å². The highest BCUT2D eigenvalue weighted by Gasteiger charge is 2.19. The van der Waals surface area contributed by atoms with Crippen molar-refractivity contribution in [3.05, 3.63) is 24.5 Å². The summed E-state index contributed by atoms with van der Waals surface area (Å²) >= 11 is 0. The minimum Gasteiger partial charge on any atom is -0.443 e. The Kier molecular flexibility index (Phi) is 2.53. The standard InChI is InChI=1S/C12H15N3O2/c1-12(2,3)17-11(16)15-7-5-8-9(15)4-6-14-10(8)13/h4-7H,1-3H3,(H2,13,14). The van der Waals surface area contributed by atoms with Crippen molar-refractivity contribution in [1.29, 1.82) is 0 Å². The van der Waals surface area contributed by atoms with E-state index in [4.69, 9.17) is 10.5 Å². The van der Waals surface area contributed by atoms with Gasteiger partial charge in [0.1, 0.15) is 11.4 Å². The second-order valence-corrected chi connectivity index (χ2v) is 4.80. The Bertz CT molecular complexity index is 567. The maximum Gasteiger partial charge on any atom is 0.418 e. The average molecular weight is 233 g/mol. The van der Waals surface area contributed by atoms with E-state index < -0.39 is 11.7 Å². The predicted octanol–water partition coefficient (Wildman–Crippen LogP) is 2.40. The van der Waals surface area contributed by atoms with Crippen LogP contribution in [0, 0.1) is 0 Å². The Morgan fingerprint density at radius 1 is 1.41 bits per heavy atom. The van der Waals surface area contributed by atoms with Crippen LogP contribution < -0.4 is 5.73 Å². The lowest BCUT2D eigenvalue weighted by Crippen LogP contribution is -2.26. The quantitative estimate of drug-likeness (QED) is 0.758. The van der Waals surface area contributed by atoms with E-state index in [0.29, 0.717) is 11.3 Å². The van der Waals surface area contributed by atoms with Crippen LogP contribution in [0.1, 0.15) is 20.8 Å². The van der Waals surface area contributed by atoms with Gasteiger partial charge in [0.05, 0.1) is 5.52 Å². The lowest BCUT2D eigenvalue weighted by molar-refractivity contribution is 0.0544. The largest absolute Gasteiger partial charge is 0.443 e. The Morgan fingerprint density at radius 3 is 2.76 bits per heavy atom. The molecule has 0 fully saturated rings. The fraction of sp³-hybridized carbons (Fsp3) is 0.333. The van der Waals surface area contributed by atoms with Crippen molar-refractivity contribution >= 4 is 22.8 Å². The number of aromatic nitrogens is 2. The molecular weight excluding hydrogens is 218 g/mol. The summed E-state index contributed by atoms with van der Waals surface area (Å²) in [4.78, 5) is 15.9. The zero-order valence-electron chi connectivity index (χ0n) is 10.1. The van der Waals surface area contributed by atoms with Crippen molar-refractivity contribution in [2.24, 2.45) is 0 Å². The topological polar surface area (TPSA) is 70.1 Å². The summed E-state index contributed by atoms with van der Waals surface area (Å²) in [6, 6.07) is 3.48. The maximum absolute atomic E-state index is 11.9. The molecule has 0 radical (unpaired) electrons. The van der Waals surface area contributed by atoms with Crippen LogP contribution in [0.15, 0.2) is 24.5 Å². The number of anilines is 1. The number of pyridine rings is 1. The van der Waals surface area contributed by atoms with Gasteiger partial charge in [0.2, 0.25) is 0 Å². The number of nitrogens with zero attached hydrogens (tertiary/aromatic N) is 2. The van der Waals surface area contributed by atoms with Crippen LogP contribution in [0.5, 0.6) is 0 Å². The Hall–Kier alpha value is -2.04. The molecule has 0 bridgehead atoms. The van der Waals surface area contributed by atoms with Crippen LogP contribution in [-0.2, 0) is 4.74 Å². The molecular formula is C12H15N3O2. The molecule has 2 aromatic rings. The van der Waals surface area contributed by atoms with E-state index in [2.05, 4.69) is 4.98 Å². The summed E-state index contributed by atoms with van der Waals surface area (Å²) in [6.07, 6.45) is 2.79. The predicted molar refractivity (Wildman–Crippen MR) is 65.8 cm³/mol. The van der Waals surface area contributed by atoms with Crippen LogP contribution in [0.25, 0.3) is 10.9 Å². The second kappa shape index (κ2) is 3.76. The minimum atomic E-state index is -0.522. The molecule has 0 saturated heterocycles. The number of nitrogens with two attached hydrogens (primary N) is 1. The monoisotopic (exact) mass is 233 g/mol. The van der Waals surface area contributed by atoms with E-state index in [1.165, 1.54) is 4.57 Å². The van der Waals surface area contributed by atoms with Crippen LogP contribution in [0.2, 0.25) is 0 Å². The van der Waals surface area contributed by atoms with E-state index in [-0.39, 0.29) is 0 Å². The van der Waals surface area contributed by atoms with Crippen molar-refractivity contribution < 1.29 is 9.53 Å². The first-order chi connectivity index (χ1) is 7.88. The number of hydrogen-bond acceptors (Lipinski definition) is 4. The summed E-state index contributed by atoms with van der Waals surface area (Å²) in [6.45, 7) is 5.48. The third kappa shape index (κ3) is 2.22. The molecule has 90 valence electrons. The highest BCUT2D eigenvalue weighted by molar-refractivity contribution is 5.94. The molecule has 0 atom stereocenters. The first-order valence-electron chi connectivity index (χ1n) is 5.33. The van der Waals surface area contributed by atoms with Gasteiger partial charge < -0.3 is 10.5 Å². The Labute approximate surface area is 99.2 Å². The molecule has 17 heavy (non-hydrogen) atoms. The molecule has 2 rings (SSSR count). The van der Waals surface area contributed by atoms with Gasteiger partial charge in [-0.2, -0.15) is 0 Å². The molecule has 2 aromatic heterocycles. The van der Waals surface area contributed by atoms with Gasteiger partial charge in [-0.1, -0.05) is 0 Å². The molecule has 2 heterocycles. The van der Waals surface area contributed by atoms with Crippen molar-refractivity contribution in [2.45, 2.75) is 26.4 Å². The molecule has 0 saturated carbocycles. The minimum absolute atomic E-state index is 0.407. The van der Waals surface area contributed by atoms with Gasteiger partial charge in [0.15, 0.2) is 0 Å². The van der Waals surface area contributed by atoms with Crippen molar-refractivity contribution in [3.8, 4) is 0 Å². The van der Waals surface area contributed by atoms with Gasteiger partial charge in [-0.05, 0) is 32.9 Å². The summed E-state index contributed by atoms with van der Waals surface area (Å²) < 4.78 is 6.72. The number of carbonyl (C=O) groups is 1. The first kappa shape index (κ1) is 11.4. The van der Waals surface area contributed by atoms with E-state index in [1.807, 2.05) is 20.8 Å². The van der Waals surface area contributed by atoms with Gasteiger partial charge in [-0.15, -0.1) is 0 Å². The molecule has 0 aliphatic heterocycles. The molecule has 0 aromatic carbocycles. The van der Waals surface area contributed by atoms with Crippen molar-refractivity contribution in [2.75, 3.05) is 5.73 Å². The molecule has 5 heteroatoms. The number of nitrogen functional groups attached to an aromatic ring is 1. The maximum atomic E-state index is 11.9. The number of hydrogen-bond donors (Lipinski definition) is 1. The van der Waals surface area contributed by atoms with Gasteiger partial charge in [-0.3, -0.25) is 4.57 Å².